The van der Waals surface area contributed by atoms with Crippen molar-refractivity contribution in [3.8, 4) is 23.0 Å². The number of benzene rings is 2. The van der Waals surface area contributed by atoms with Crippen molar-refractivity contribution in [1.29, 1.82) is 0 Å². The standard InChI is InChI=1S/C30H36O7/c1-9-29(5,6)36-20-17-22(31)25-24(18-20)35-27-21(26(25)32)13-14-23(37-30(7,8)10-2)28(27)34-16-12-11-15-33-19(3)4/h9-14,17-19,31H,1-2,15-16H2,3-8H3/b12-11+. The zero-order chi connectivity index (χ0) is 27.4. The average molecular weight is 509 g/mol. The van der Waals surface area contributed by atoms with E-state index in [2.05, 4.69) is 13.2 Å². The van der Waals surface area contributed by atoms with Gasteiger partial charge < -0.3 is 28.5 Å². The molecule has 0 fully saturated rings. The summed E-state index contributed by atoms with van der Waals surface area (Å²) in [5.41, 5.74) is -1.46. The molecule has 0 spiro atoms. The first-order valence-electron chi connectivity index (χ1n) is 12.2. The summed E-state index contributed by atoms with van der Waals surface area (Å²) in [6.45, 7) is 19.5. The van der Waals surface area contributed by atoms with Crippen molar-refractivity contribution in [2.75, 3.05) is 13.2 Å². The highest BCUT2D eigenvalue weighted by atomic mass is 16.5. The van der Waals surface area contributed by atoms with E-state index in [4.69, 9.17) is 23.4 Å². The van der Waals surface area contributed by atoms with Gasteiger partial charge in [0.25, 0.3) is 0 Å². The van der Waals surface area contributed by atoms with E-state index in [0.717, 1.165) is 0 Å². The first-order valence-corrected chi connectivity index (χ1v) is 12.2. The van der Waals surface area contributed by atoms with Gasteiger partial charge in [-0.15, -0.1) is 0 Å². The molecule has 0 saturated heterocycles. The number of ether oxygens (including phenoxy) is 4. The molecule has 0 bridgehead atoms. The van der Waals surface area contributed by atoms with Gasteiger partial charge in [-0.05, 0) is 71.9 Å². The van der Waals surface area contributed by atoms with Crippen LogP contribution in [0.5, 0.6) is 23.0 Å². The third-order valence-electron chi connectivity index (χ3n) is 5.57. The SMILES string of the molecule is C=CC(C)(C)Oc1cc(O)c2c(=O)c3ccc(OC(C)(C)C=C)c(OC/C=C/COC(C)C)c3oc2c1. The summed E-state index contributed by atoms with van der Waals surface area (Å²) >= 11 is 0. The lowest BCUT2D eigenvalue weighted by atomic mass is 10.1. The van der Waals surface area contributed by atoms with E-state index in [0.29, 0.717) is 18.1 Å². The summed E-state index contributed by atoms with van der Waals surface area (Å²) in [4.78, 5) is 13.4. The lowest BCUT2D eigenvalue weighted by Gasteiger charge is -2.24. The van der Waals surface area contributed by atoms with Gasteiger partial charge in [0.1, 0.15) is 40.3 Å². The van der Waals surface area contributed by atoms with Crippen molar-refractivity contribution in [2.24, 2.45) is 0 Å². The summed E-state index contributed by atoms with van der Waals surface area (Å²) < 4.78 is 29.8. The van der Waals surface area contributed by atoms with Crippen molar-refractivity contribution in [2.45, 2.75) is 58.8 Å². The van der Waals surface area contributed by atoms with Crippen LogP contribution in [0, 0.1) is 0 Å². The molecule has 7 heteroatoms. The van der Waals surface area contributed by atoms with E-state index < -0.39 is 16.6 Å². The quantitative estimate of drug-likeness (QED) is 0.215. The van der Waals surface area contributed by atoms with Gasteiger partial charge >= 0.3 is 0 Å². The van der Waals surface area contributed by atoms with Crippen LogP contribution in [0.25, 0.3) is 21.9 Å². The van der Waals surface area contributed by atoms with Crippen LogP contribution in [-0.2, 0) is 4.74 Å². The molecule has 198 valence electrons. The van der Waals surface area contributed by atoms with Crippen molar-refractivity contribution < 1.29 is 28.5 Å². The zero-order valence-corrected chi connectivity index (χ0v) is 22.4. The fourth-order valence-corrected chi connectivity index (χ4v) is 3.42. The first kappa shape index (κ1) is 27.9. The van der Waals surface area contributed by atoms with Crippen molar-refractivity contribution in [1.82, 2.24) is 0 Å². The highest BCUT2D eigenvalue weighted by Gasteiger charge is 2.24. The predicted octanol–water partition coefficient (Wildman–Crippen LogP) is 6.70. The average Bonchev–Trinajstić information content (AvgIpc) is 2.81. The molecule has 1 aromatic heterocycles. The number of phenols is 1. The smallest absolute Gasteiger partial charge is 0.205 e. The Bertz CT molecular complexity index is 1380. The van der Waals surface area contributed by atoms with E-state index in [1.165, 1.54) is 6.07 Å². The van der Waals surface area contributed by atoms with Crippen molar-refractivity contribution in [3.63, 3.8) is 0 Å². The molecule has 0 radical (unpaired) electrons. The minimum absolute atomic E-state index is 0.0491. The summed E-state index contributed by atoms with van der Waals surface area (Å²) in [5, 5.41) is 11.0. The lowest BCUT2D eigenvalue weighted by molar-refractivity contribution is 0.102. The highest BCUT2D eigenvalue weighted by molar-refractivity contribution is 5.96. The Hall–Kier alpha value is -3.71. The Labute approximate surface area is 217 Å². The summed E-state index contributed by atoms with van der Waals surface area (Å²) in [6, 6.07) is 6.20. The molecule has 37 heavy (non-hydrogen) atoms. The van der Waals surface area contributed by atoms with Gasteiger partial charge in [0, 0.05) is 12.1 Å². The van der Waals surface area contributed by atoms with Crippen molar-refractivity contribution in [3.05, 3.63) is 72.0 Å². The second-order valence-electron chi connectivity index (χ2n) is 10.00. The Kier molecular flexibility index (Phi) is 8.39. The minimum atomic E-state index is -0.709. The second-order valence-corrected chi connectivity index (χ2v) is 10.00. The van der Waals surface area contributed by atoms with Crippen LogP contribution in [0.2, 0.25) is 0 Å². The maximum Gasteiger partial charge on any atom is 0.205 e. The molecule has 0 aliphatic rings. The molecule has 0 aliphatic carbocycles. The number of phenolic OH excluding ortho intramolecular Hbond substituents is 1. The Morgan fingerprint density at radius 2 is 1.65 bits per heavy atom. The molecule has 1 N–H and O–H groups in total. The number of hydrogen-bond donors (Lipinski definition) is 1. The fraction of sp³-hybridized carbons (Fsp3) is 0.367. The fourth-order valence-electron chi connectivity index (χ4n) is 3.42. The number of aromatic hydroxyl groups is 1. The molecular weight excluding hydrogens is 472 g/mol. The van der Waals surface area contributed by atoms with Crippen LogP contribution in [0.4, 0.5) is 0 Å². The van der Waals surface area contributed by atoms with E-state index in [1.54, 1.807) is 30.4 Å². The lowest BCUT2D eigenvalue weighted by Crippen LogP contribution is -2.25. The van der Waals surface area contributed by atoms with Gasteiger partial charge in [0.05, 0.1) is 18.1 Å². The van der Waals surface area contributed by atoms with Crippen LogP contribution < -0.4 is 19.6 Å². The van der Waals surface area contributed by atoms with Gasteiger partial charge in [0.2, 0.25) is 11.2 Å². The molecule has 0 atom stereocenters. The predicted molar refractivity (Wildman–Crippen MR) is 147 cm³/mol. The third kappa shape index (κ3) is 6.74. The first-order chi connectivity index (χ1) is 17.4. The normalized spacial score (nSPS) is 12.4. The van der Waals surface area contributed by atoms with Crippen LogP contribution >= 0.6 is 0 Å². The van der Waals surface area contributed by atoms with E-state index in [9.17, 15) is 9.90 Å². The maximum atomic E-state index is 13.4. The van der Waals surface area contributed by atoms with Crippen LogP contribution in [0.3, 0.4) is 0 Å². The van der Waals surface area contributed by atoms with Crippen LogP contribution in [0.15, 0.2) is 70.9 Å². The molecule has 7 nitrogen and oxygen atoms in total. The highest BCUT2D eigenvalue weighted by Crippen LogP contribution is 2.40. The number of hydrogen-bond acceptors (Lipinski definition) is 7. The number of fused-ring (bicyclic) bond motifs is 2. The molecular formula is C30H36O7. The summed E-state index contributed by atoms with van der Waals surface area (Å²) in [6.07, 6.45) is 7.10. The molecule has 3 rings (SSSR count). The van der Waals surface area contributed by atoms with Crippen molar-refractivity contribution >= 4 is 21.9 Å². The molecule has 0 unspecified atom stereocenters. The monoisotopic (exact) mass is 508 g/mol. The van der Waals surface area contributed by atoms with Gasteiger partial charge in [-0.2, -0.15) is 0 Å². The van der Waals surface area contributed by atoms with Crippen LogP contribution in [-0.4, -0.2) is 35.6 Å². The van der Waals surface area contributed by atoms with Gasteiger partial charge in [-0.3, -0.25) is 4.79 Å². The third-order valence-corrected chi connectivity index (χ3v) is 5.57. The zero-order valence-electron chi connectivity index (χ0n) is 22.4. The Balaban J connectivity index is 2.16. The van der Waals surface area contributed by atoms with Gasteiger partial charge in [-0.25, -0.2) is 0 Å². The maximum absolute atomic E-state index is 13.4. The molecule has 0 amide bonds. The Morgan fingerprint density at radius 3 is 2.30 bits per heavy atom. The second kappa shape index (κ2) is 11.1. The summed E-state index contributed by atoms with van der Waals surface area (Å²) in [5.74, 6) is 0.731. The molecule has 0 aliphatic heterocycles. The number of rotatable bonds is 12. The van der Waals surface area contributed by atoms with Gasteiger partial charge in [0.15, 0.2) is 11.3 Å². The van der Waals surface area contributed by atoms with Gasteiger partial charge in [-0.1, -0.05) is 19.2 Å². The topological polar surface area (TPSA) is 87.4 Å². The molecule has 3 aromatic rings. The van der Waals surface area contributed by atoms with E-state index in [-0.39, 0.29) is 46.1 Å². The Morgan fingerprint density at radius 1 is 1.00 bits per heavy atom. The molecule has 2 aromatic carbocycles. The van der Waals surface area contributed by atoms with E-state index in [1.807, 2.05) is 53.7 Å². The van der Waals surface area contributed by atoms with E-state index >= 15 is 0 Å². The van der Waals surface area contributed by atoms with Crippen LogP contribution in [0.1, 0.15) is 41.5 Å². The summed E-state index contributed by atoms with van der Waals surface area (Å²) in [7, 11) is 0. The molecule has 1 heterocycles. The molecule has 0 saturated carbocycles. The minimum Gasteiger partial charge on any atom is -0.507 e. The largest absolute Gasteiger partial charge is 0.507 e.